The van der Waals surface area contributed by atoms with Gasteiger partial charge in [0.2, 0.25) is 0 Å². The average Bonchev–Trinajstić information content (AvgIpc) is 2.38. The number of carbonyl (C=O) groups is 1. The maximum absolute atomic E-state index is 11.1. The summed E-state index contributed by atoms with van der Waals surface area (Å²) >= 11 is 0. The van der Waals surface area contributed by atoms with Crippen LogP contribution in [0.25, 0.3) is 0 Å². The zero-order chi connectivity index (χ0) is 13.4. The molecule has 0 saturated heterocycles. The number of carboxylic acid groups (broad SMARTS) is 1. The molecule has 1 atom stereocenters. The van der Waals surface area contributed by atoms with Gasteiger partial charge in [0.1, 0.15) is 5.75 Å². The van der Waals surface area contributed by atoms with E-state index in [0.29, 0.717) is 19.3 Å². The molecule has 0 saturated carbocycles. The van der Waals surface area contributed by atoms with Gasteiger partial charge in [-0.05, 0) is 37.0 Å². The quantitative estimate of drug-likeness (QED) is 0.594. The maximum atomic E-state index is 11.1. The fraction of sp³-hybridized carbons (Fsp3) is 0.400. The Balaban J connectivity index is 2.59. The first-order valence-electron chi connectivity index (χ1n) is 5.96. The molecule has 0 aromatic heterocycles. The maximum Gasteiger partial charge on any atom is 0.306 e. The van der Waals surface area contributed by atoms with E-state index in [1.165, 1.54) is 0 Å². The third kappa shape index (κ3) is 4.50. The number of hydrogen-bond acceptors (Lipinski definition) is 2. The van der Waals surface area contributed by atoms with Gasteiger partial charge in [-0.1, -0.05) is 12.1 Å². The Hall–Kier alpha value is -1.95. The van der Waals surface area contributed by atoms with Gasteiger partial charge in [-0.2, -0.15) is 0 Å². The van der Waals surface area contributed by atoms with Crippen LogP contribution >= 0.6 is 0 Å². The summed E-state index contributed by atoms with van der Waals surface area (Å²) in [4.78, 5) is 11.1. The molecule has 0 amide bonds. The van der Waals surface area contributed by atoms with Gasteiger partial charge in [0.05, 0.1) is 13.0 Å². The van der Waals surface area contributed by atoms with Crippen molar-refractivity contribution in [1.29, 1.82) is 0 Å². The van der Waals surface area contributed by atoms with E-state index in [0.717, 1.165) is 17.7 Å². The van der Waals surface area contributed by atoms with Crippen LogP contribution in [-0.2, 0) is 11.2 Å². The molecule has 0 bridgehead atoms. The third-order valence-corrected chi connectivity index (χ3v) is 2.86. The molecular weight excluding hydrogens is 228 g/mol. The average molecular weight is 246 g/mol. The number of methoxy groups -OCH3 is 1. The summed E-state index contributed by atoms with van der Waals surface area (Å²) < 4.78 is 5.06. The Morgan fingerprint density at radius 1 is 1.44 bits per heavy atom. The van der Waals surface area contributed by atoms with Crippen molar-refractivity contribution in [3.63, 3.8) is 0 Å². The van der Waals surface area contributed by atoms with Crippen molar-refractivity contribution in [3.05, 3.63) is 29.8 Å². The molecule has 1 rings (SSSR count). The number of benzene rings is 1. The lowest BCUT2D eigenvalue weighted by molar-refractivity contribution is -0.141. The number of carboxylic acids is 1. The molecule has 0 aliphatic heterocycles. The number of ether oxygens (including phenoxy) is 1. The molecular formula is C15H18O3. The highest BCUT2D eigenvalue weighted by Crippen LogP contribution is 2.18. The molecule has 0 aliphatic carbocycles. The SMILES string of the molecule is C#CCCCC(Cc1ccc(OC)cc1)C(=O)O. The van der Waals surface area contributed by atoms with Crippen LogP contribution < -0.4 is 4.74 Å². The van der Waals surface area contributed by atoms with Crippen LogP contribution in [0.2, 0.25) is 0 Å². The van der Waals surface area contributed by atoms with Gasteiger partial charge in [0.25, 0.3) is 0 Å². The van der Waals surface area contributed by atoms with Crippen LogP contribution in [-0.4, -0.2) is 18.2 Å². The van der Waals surface area contributed by atoms with Crippen LogP contribution in [0, 0.1) is 18.3 Å². The minimum atomic E-state index is -0.761. The minimum Gasteiger partial charge on any atom is -0.497 e. The van der Waals surface area contributed by atoms with E-state index in [-0.39, 0.29) is 5.92 Å². The standard InChI is InChI=1S/C15H18O3/c1-3-4-5-6-13(15(16)17)11-12-7-9-14(18-2)10-8-12/h1,7-10,13H,4-6,11H2,2H3,(H,16,17). The zero-order valence-corrected chi connectivity index (χ0v) is 10.6. The number of rotatable bonds is 7. The predicted molar refractivity (Wildman–Crippen MR) is 70.5 cm³/mol. The molecule has 1 unspecified atom stereocenters. The van der Waals surface area contributed by atoms with Gasteiger partial charge in [-0.15, -0.1) is 12.3 Å². The van der Waals surface area contributed by atoms with Crippen LogP contribution in [0.15, 0.2) is 24.3 Å². The number of terminal acetylenes is 1. The summed E-state index contributed by atoms with van der Waals surface area (Å²) in [5.41, 5.74) is 1.00. The summed E-state index contributed by atoms with van der Waals surface area (Å²) in [6, 6.07) is 7.48. The van der Waals surface area contributed by atoms with Crippen LogP contribution in [0.4, 0.5) is 0 Å². The second-order valence-corrected chi connectivity index (χ2v) is 4.18. The first-order valence-corrected chi connectivity index (χ1v) is 5.96. The first kappa shape index (κ1) is 14.1. The monoisotopic (exact) mass is 246 g/mol. The van der Waals surface area contributed by atoms with Gasteiger partial charge >= 0.3 is 5.97 Å². The van der Waals surface area contributed by atoms with Gasteiger partial charge in [-0.25, -0.2) is 0 Å². The van der Waals surface area contributed by atoms with Crippen LogP contribution in [0.1, 0.15) is 24.8 Å². The van der Waals surface area contributed by atoms with E-state index in [9.17, 15) is 4.79 Å². The Morgan fingerprint density at radius 3 is 2.61 bits per heavy atom. The van der Waals surface area contributed by atoms with E-state index in [1.54, 1.807) is 7.11 Å². The Bertz CT molecular complexity index is 414. The molecule has 0 radical (unpaired) electrons. The lowest BCUT2D eigenvalue weighted by Gasteiger charge is -2.11. The fourth-order valence-electron chi connectivity index (χ4n) is 1.81. The Morgan fingerprint density at radius 2 is 2.11 bits per heavy atom. The number of hydrogen-bond donors (Lipinski definition) is 1. The summed E-state index contributed by atoms with van der Waals surface area (Å²) in [6.45, 7) is 0. The van der Waals surface area contributed by atoms with E-state index in [4.69, 9.17) is 16.3 Å². The zero-order valence-electron chi connectivity index (χ0n) is 10.6. The summed E-state index contributed by atoms with van der Waals surface area (Å²) in [7, 11) is 1.61. The van der Waals surface area contributed by atoms with Gasteiger partial charge in [-0.3, -0.25) is 4.79 Å². The Kier molecular flexibility index (Phi) is 5.79. The topological polar surface area (TPSA) is 46.5 Å². The molecule has 1 N–H and O–H groups in total. The lowest BCUT2D eigenvalue weighted by Crippen LogP contribution is -2.16. The largest absolute Gasteiger partial charge is 0.497 e. The Labute approximate surface area is 108 Å². The molecule has 0 heterocycles. The summed E-state index contributed by atoms with van der Waals surface area (Å²) in [6.07, 6.45) is 7.70. The van der Waals surface area contributed by atoms with Crippen molar-refractivity contribution in [2.45, 2.75) is 25.7 Å². The highest BCUT2D eigenvalue weighted by Gasteiger charge is 2.17. The highest BCUT2D eigenvalue weighted by atomic mass is 16.5. The van der Waals surface area contributed by atoms with Crippen molar-refractivity contribution in [2.24, 2.45) is 5.92 Å². The molecule has 1 aromatic rings. The van der Waals surface area contributed by atoms with Gasteiger partial charge in [0.15, 0.2) is 0 Å². The molecule has 96 valence electrons. The van der Waals surface area contributed by atoms with Crippen LogP contribution in [0.5, 0.6) is 5.75 Å². The van der Waals surface area contributed by atoms with Gasteiger partial charge < -0.3 is 9.84 Å². The minimum absolute atomic E-state index is 0.369. The second-order valence-electron chi connectivity index (χ2n) is 4.18. The number of unbranched alkanes of at least 4 members (excludes halogenated alkanes) is 1. The van der Waals surface area contributed by atoms with Crippen LogP contribution in [0.3, 0.4) is 0 Å². The lowest BCUT2D eigenvalue weighted by atomic mass is 9.94. The smallest absolute Gasteiger partial charge is 0.306 e. The number of aliphatic carboxylic acids is 1. The van der Waals surface area contributed by atoms with E-state index < -0.39 is 5.97 Å². The molecule has 18 heavy (non-hydrogen) atoms. The van der Waals surface area contributed by atoms with Crippen molar-refractivity contribution in [1.82, 2.24) is 0 Å². The van der Waals surface area contributed by atoms with Crippen molar-refractivity contribution >= 4 is 5.97 Å². The third-order valence-electron chi connectivity index (χ3n) is 2.86. The first-order chi connectivity index (χ1) is 8.67. The molecule has 0 aliphatic rings. The van der Waals surface area contributed by atoms with Crippen molar-refractivity contribution < 1.29 is 14.6 Å². The van der Waals surface area contributed by atoms with E-state index >= 15 is 0 Å². The summed E-state index contributed by atoms with van der Waals surface area (Å²) in [5.74, 6) is 2.18. The normalized spacial score (nSPS) is 11.6. The molecule has 3 nitrogen and oxygen atoms in total. The predicted octanol–water partition coefficient (Wildman–Crippen LogP) is 2.74. The molecule has 0 fully saturated rings. The van der Waals surface area contributed by atoms with Crippen molar-refractivity contribution in [3.8, 4) is 18.1 Å². The molecule has 1 aromatic carbocycles. The van der Waals surface area contributed by atoms with E-state index in [1.807, 2.05) is 24.3 Å². The van der Waals surface area contributed by atoms with Gasteiger partial charge in [0, 0.05) is 6.42 Å². The van der Waals surface area contributed by atoms with Crippen molar-refractivity contribution in [2.75, 3.05) is 7.11 Å². The molecule has 3 heteroatoms. The highest BCUT2D eigenvalue weighted by molar-refractivity contribution is 5.70. The molecule has 0 spiro atoms. The summed E-state index contributed by atoms with van der Waals surface area (Å²) in [5, 5.41) is 9.16. The fourth-order valence-corrected chi connectivity index (χ4v) is 1.81. The van der Waals surface area contributed by atoms with E-state index in [2.05, 4.69) is 5.92 Å². The second kappa shape index (κ2) is 7.39.